The molecule has 0 unspecified atom stereocenters. The van der Waals surface area contributed by atoms with E-state index in [1.54, 1.807) is 0 Å². The van der Waals surface area contributed by atoms with Crippen molar-refractivity contribution in [1.82, 2.24) is 5.32 Å². The van der Waals surface area contributed by atoms with Crippen LogP contribution in [0.3, 0.4) is 0 Å². The molecule has 0 aromatic heterocycles. The van der Waals surface area contributed by atoms with Crippen LogP contribution >= 0.6 is 0 Å². The van der Waals surface area contributed by atoms with Gasteiger partial charge < -0.3 is 21.1 Å². The van der Waals surface area contributed by atoms with Gasteiger partial charge in [-0.15, -0.1) is 0 Å². The average molecular weight is 372 g/mol. The number of nitrogens with one attached hydrogen (secondary N) is 2. The number of rotatable bonds is 9. The minimum absolute atomic E-state index is 0.0649. The van der Waals surface area contributed by atoms with Gasteiger partial charge in [-0.05, 0) is 24.1 Å². The van der Waals surface area contributed by atoms with Gasteiger partial charge in [0.1, 0.15) is 12.3 Å². The summed E-state index contributed by atoms with van der Waals surface area (Å²) in [4.78, 5) is 33.2. The quantitative estimate of drug-likeness (QED) is 0.351. The summed E-state index contributed by atoms with van der Waals surface area (Å²) < 4.78 is 5.08. The van der Waals surface area contributed by atoms with Crippen LogP contribution in [-0.4, -0.2) is 30.0 Å². The van der Waals surface area contributed by atoms with E-state index in [1.807, 2.05) is 30.3 Å². The maximum atomic E-state index is 11.6. The molecule has 0 saturated carbocycles. The number of hydrogen-bond donors (Lipinski definition) is 3. The zero-order chi connectivity index (χ0) is 19.6. The SMILES string of the molecule is NC(=O)c1ccc(NCCCNC(=O)OCc2ccccc2)c([N+](=O)[O-])c1. The smallest absolute Gasteiger partial charge is 0.407 e. The van der Waals surface area contributed by atoms with E-state index in [1.165, 1.54) is 12.1 Å². The van der Waals surface area contributed by atoms with E-state index in [9.17, 15) is 19.7 Å². The highest BCUT2D eigenvalue weighted by molar-refractivity contribution is 5.94. The first-order chi connectivity index (χ1) is 13.0. The van der Waals surface area contributed by atoms with Gasteiger partial charge in [0.05, 0.1) is 4.92 Å². The van der Waals surface area contributed by atoms with Crippen LogP contribution in [0.5, 0.6) is 0 Å². The van der Waals surface area contributed by atoms with Crippen LogP contribution in [0.4, 0.5) is 16.2 Å². The van der Waals surface area contributed by atoms with Gasteiger partial charge in [-0.25, -0.2) is 4.79 Å². The highest BCUT2D eigenvalue weighted by Crippen LogP contribution is 2.25. The molecule has 2 amide bonds. The molecule has 0 radical (unpaired) electrons. The van der Waals surface area contributed by atoms with Crippen LogP contribution in [0.2, 0.25) is 0 Å². The first-order valence-electron chi connectivity index (χ1n) is 8.24. The van der Waals surface area contributed by atoms with Crippen LogP contribution < -0.4 is 16.4 Å². The van der Waals surface area contributed by atoms with Crippen molar-refractivity contribution in [3.05, 3.63) is 69.8 Å². The summed E-state index contributed by atoms with van der Waals surface area (Å²) in [5.74, 6) is -0.733. The Balaban J connectivity index is 1.72. The molecule has 0 aliphatic rings. The van der Waals surface area contributed by atoms with Gasteiger partial charge in [-0.3, -0.25) is 14.9 Å². The number of primary amides is 1. The number of carbonyl (C=O) groups excluding carboxylic acids is 2. The number of alkyl carbamates (subject to hydrolysis) is 1. The molecule has 2 rings (SSSR count). The van der Waals surface area contributed by atoms with E-state index < -0.39 is 16.9 Å². The number of nitrogens with two attached hydrogens (primary N) is 1. The second-order valence-electron chi connectivity index (χ2n) is 5.62. The molecule has 0 aliphatic heterocycles. The van der Waals surface area contributed by atoms with Crippen molar-refractivity contribution in [3.63, 3.8) is 0 Å². The van der Waals surface area contributed by atoms with E-state index in [0.29, 0.717) is 19.5 Å². The van der Waals surface area contributed by atoms with Crippen molar-refractivity contribution < 1.29 is 19.2 Å². The molecule has 2 aromatic carbocycles. The van der Waals surface area contributed by atoms with Crippen molar-refractivity contribution >= 4 is 23.4 Å². The summed E-state index contributed by atoms with van der Waals surface area (Å²) in [6.07, 6.45) is -0.00883. The van der Waals surface area contributed by atoms with Crippen molar-refractivity contribution in [2.45, 2.75) is 13.0 Å². The Morgan fingerprint density at radius 1 is 1.11 bits per heavy atom. The summed E-state index contributed by atoms with van der Waals surface area (Å²) in [7, 11) is 0. The molecule has 0 bridgehead atoms. The second kappa shape index (κ2) is 9.76. The standard InChI is InChI=1S/C18H20N4O5/c19-17(23)14-7-8-15(16(11-14)22(25)26)20-9-4-10-21-18(24)27-12-13-5-2-1-3-6-13/h1-3,5-8,11,20H,4,9-10,12H2,(H2,19,23)(H,21,24). The van der Waals surface area contributed by atoms with Crippen LogP contribution in [0.1, 0.15) is 22.3 Å². The monoisotopic (exact) mass is 372 g/mol. The van der Waals surface area contributed by atoms with E-state index in [0.717, 1.165) is 11.6 Å². The lowest BCUT2D eigenvalue weighted by Gasteiger charge is -2.09. The molecular weight excluding hydrogens is 352 g/mol. The summed E-state index contributed by atoms with van der Waals surface area (Å²) in [6.45, 7) is 0.910. The van der Waals surface area contributed by atoms with E-state index in [4.69, 9.17) is 10.5 Å². The molecule has 0 spiro atoms. The average Bonchev–Trinajstić information content (AvgIpc) is 2.66. The van der Waals surface area contributed by atoms with Gasteiger partial charge in [-0.2, -0.15) is 0 Å². The van der Waals surface area contributed by atoms with E-state index >= 15 is 0 Å². The molecule has 0 atom stereocenters. The minimum atomic E-state index is -0.733. The number of nitro groups is 1. The summed E-state index contributed by atoms with van der Waals surface area (Å²) in [6, 6.07) is 13.3. The minimum Gasteiger partial charge on any atom is -0.445 e. The van der Waals surface area contributed by atoms with Gasteiger partial charge in [-0.1, -0.05) is 30.3 Å². The van der Waals surface area contributed by atoms with E-state index in [-0.39, 0.29) is 23.5 Å². The molecule has 2 aromatic rings. The topological polar surface area (TPSA) is 137 Å². The molecule has 142 valence electrons. The van der Waals surface area contributed by atoms with Gasteiger partial charge in [0.2, 0.25) is 5.91 Å². The third-order valence-electron chi connectivity index (χ3n) is 3.63. The van der Waals surface area contributed by atoms with Gasteiger partial charge in [0, 0.05) is 24.7 Å². The van der Waals surface area contributed by atoms with Crippen molar-refractivity contribution in [2.75, 3.05) is 18.4 Å². The molecule has 0 fully saturated rings. The van der Waals surface area contributed by atoms with Crippen molar-refractivity contribution in [2.24, 2.45) is 5.73 Å². The Labute approximate surface area is 155 Å². The molecule has 9 nitrogen and oxygen atoms in total. The van der Waals surface area contributed by atoms with E-state index in [2.05, 4.69) is 10.6 Å². The molecule has 27 heavy (non-hydrogen) atoms. The van der Waals surface area contributed by atoms with Crippen LogP contribution in [-0.2, 0) is 11.3 Å². The molecule has 4 N–H and O–H groups in total. The van der Waals surface area contributed by atoms with Gasteiger partial charge >= 0.3 is 6.09 Å². The fourth-order valence-corrected chi connectivity index (χ4v) is 2.26. The number of anilines is 1. The molecule has 9 heteroatoms. The number of benzene rings is 2. The summed E-state index contributed by atoms with van der Waals surface area (Å²) in [5, 5.41) is 16.6. The highest BCUT2D eigenvalue weighted by atomic mass is 16.6. The predicted octanol–water partition coefficient (Wildman–Crippen LogP) is 2.42. The zero-order valence-electron chi connectivity index (χ0n) is 14.5. The Hall–Kier alpha value is -3.62. The van der Waals surface area contributed by atoms with Gasteiger partial charge in [0.15, 0.2) is 0 Å². The molecular formula is C18H20N4O5. The van der Waals surface area contributed by atoms with Crippen LogP contribution in [0.15, 0.2) is 48.5 Å². The predicted molar refractivity (Wildman–Crippen MR) is 99.4 cm³/mol. The van der Waals surface area contributed by atoms with Crippen LogP contribution in [0.25, 0.3) is 0 Å². The highest BCUT2D eigenvalue weighted by Gasteiger charge is 2.16. The summed E-state index contributed by atoms with van der Waals surface area (Å²) in [5.41, 5.74) is 6.12. The number of hydrogen-bond acceptors (Lipinski definition) is 6. The molecule has 0 heterocycles. The maximum absolute atomic E-state index is 11.6. The first-order valence-corrected chi connectivity index (χ1v) is 8.24. The third kappa shape index (κ3) is 6.31. The zero-order valence-corrected chi connectivity index (χ0v) is 14.5. The number of nitrogens with zero attached hydrogens (tertiary/aromatic N) is 1. The lowest BCUT2D eigenvalue weighted by molar-refractivity contribution is -0.384. The largest absolute Gasteiger partial charge is 0.445 e. The van der Waals surface area contributed by atoms with Crippen LogP contribution in [0, 0.1) is 10.1 Å². The Kier molecular flexibility index (Phi) is 7.12. The lowest BCUT2D eigenvalue weighted by Crippen LogP contribution is -2.26. The third-order valence-corrected chi connectivity index (χ3v) is 3.63. The second-order valence-corrected chi connectivity index (χ2v) is 5.62. The van der Waals surface area contributed by atoms with Gasteiger partial charge in [0.25, 0.3) is 5.69 Å². The maximum Gasteiger partial charge on any atom is 0.407 e. The Morgan fingerprint density at radius 3 is 2.52 bits per heavy atom. The number of carbonyl (C=O) groups is 2. The normalized spacial score (nSPS) is 10.1. The Morgan fingerprint density at radius 2 is 1.85 bits per heavy atom. The first kappa shape index (κ1) is 19.7. The van der Waals surface area contributed by atoms with Crippen molar-refractivity contribution in [3.8, 4) is 0 Å². The number of amides is 2. The summed E-state index contributed by atoms with van der Waals surface area (Å²) >= 11 is 0. The Bertz CT molecular complexity index is 811. The molecule has 0 aliphatic carbocycles. The number of ether oxygens (including phenoxy) is 1. The number of nitro benzene ring substituents is 1. The fraction of sp³-hybridized carbons (Fsp3) is 0.222. The fourth-order valence-electron chi connectivity index (χ4n) is 2.26. The van der Waals surface area contributed by atoms with Crippen molar-refractivity contribution in [1.29, 1.82) is 0 Å². The lowest BCUT2D eigenvalue weighted by atomic mass is 10.1. The molecule has 0 saturated heterocycles.